The van der Waals surface area contributed by atoms with Crippen LogP contribution in [0.2, 0.25) is 10.0 Å². The minimum atomic E-state index is 0.608. The minimum absolute atomic E-state index is 0.608. The van der Waals surface area contributed by atoms with E-state index < -0.39 is 0 Å². The van der Waals surface area contributed by atoms with Gasteiger partial charge in [0.05, 0.1) is 10.0 Å². The number of nitrogens with zero attached hydrogens (tertiary/aromatic N) is 1. The Hall–Kier alpha value is -0.700. The van der Waals surface area contributed by atoms with Crippen molar-refractivity contribution in [1.29, 1.82) is 0 Å². The van der Waals surface area contributed by atoms with E-state index in [1.807, 2.05) is 0 Å². The minimum Gasteiger partial charge on any atom is -0.399 e. The van der Waals surface area contributed by atoms with Crippen molar-refractivity contribution in [3.8, 4) is 0 Å². The second-order valence-electron chi connectivity index (χ2n) is 5.49. The zero-order chi connectivity index (χ0) is 14.0. The molecule has 2 nitrogen and oxygen atoms in total. The van der Waals surface area contributed by atoms with Crippen molar-refractivity contribution < 1.29 is 0 Å². The van der Waals surface area contributed by atoms with E-state index in [1.54, 1.807) is 12.1 Å². The number of anilines is 1. The monoisotopic (exact) mass is 298 g/mol. The van der Waals surface area contributed by atoms with E-state index in [1.165, 1.54) is 5.57 Å². The number of hydrogen-bond acceptors (Lipinski definition) is 2. The average Bonchev–Trinajstić information content (AvgIpc) is 2.29. The summed E-state index contributed by atoms with van der Waals surface area (Å²) < 4.78 is 0. The van der Waals surface area contributed by atoms with Crippen LogP contribution in [0.1, 0.15) is 25.8 Å². The number of benzene rings is 1. The summed E-state index contributed by atoms with van der Waals surface area (Å²) in [7, 11) is 0. The topological polar surface area (TPSA) is 29.3 Å². The third-order valence-corrected chi connectivity index (χ3v) is 3.90. The summed E-state index contributed by atoms with van der Waals surface area (Å²) in [5.41, 5.74) is 8.52. The third-order valence-electron chi connectivity index (χ3n) is 3.30. The first kappa shape index (κ1) is 14.7. The summed E-state index contributed by atoms with van der Waals surface area (Å²) in [6.07, 6.45) is 3.21. The molecule has 0 bridgehead atoms. The van der Waals surface area contributed by atoms with Gasteiger partial charge in [-0.15, -0.1) is 0 Å². The molecule has 2 N–H and O–H groups in total. The number of rotatable bonds is 3. The summed E-state index contributed by atoms with van der Waals surface area (Å²) in [5, 5.41) is 1.29. The molecular formula is C15H20Cl2N2. The second kappa shape index (κ2) is 6.17. The molecule has 0 radical (unpaired) electrons. The van der Waals surface area contributed by atoms with Gasteiger partial charge in [-0.25, -0.2) is 0 Å². The highest BCUT2D eigenvalue weighted by Gasteiger charge is 2.18. The largest absolute Gasteiger partial charge is 0.399 e. The Bertz CT molecular complexity index is 472. The molecule has 19 heavy (non-hydrogen) atoms. The van der Waals surface area contributed by atoms with Gasteiger partial charge in [-0.05, 0) is 30.0 Å². The van der Waals surface area contributed by atoms with Gasteiger partial charge in [-0.3, -0.25) is 4.90 Å². The van der Waals surface area contributed by atoms with Crippen molar-refractivity contribution in [2.75, 3.05) is 25.4 Å². The molecule has 2 rings (SSSR count). The Balaban J connectivity index is 2.19. The standard InChI is InChI=1S/C15H20Cl2N2/c1-10(2)9-19-5-3-11(4-6-19)15-13(16)7-12(18)8-14(15)17/h3,7-8,10H,4-6,9,18H2,1-2H3. The lowest BCUT2D eigenvalue weighted by atomic mass is 9.98. The Morgan fingerprint density at radius 3 is 2.37 bits per heavy atom. The molecule has 104 valence electrons. The Morgan fingerprint density at radius 2 is 1.89 bits per heavy atom. The SMILES string of the molecule is CC(C)CN1CC=C(c2c(Cl)cc(N)cc2Cl)CC1. The molecular weight excluding hydrogens is 279 g/mol. The van der Waals surface area contributed by atoms with E-state index in [4.69, 9.17) is 28.9 Å². The van der Waals surface area contributed by atoms with Crippen LogP contribution in [0.15, 0.2) is 18.2 Å². The van der Waals surface area contributed by atoms with Gasteiger partial charge in [-0.2, -0.15) is 0 Å². The van der Waals surface area contributed by atoms with Crippen molar-refractivity contribution in [2.45, 2.75) is 20.3 Å². The fourth-order valence-corrected chi connectivity index (χ4v) is 3.27. The van der Waals surface area contributed by atoms with E-state index in [-0.39, 0.29) is 0 Å². The van der Waals surface area contributed by atoms with Gasteiger partial charge < -0.3 is 5.73 Å². The Kier molecular flexibility index (Phi) is 4.77. The summed E-state index contributed by atoms with van der Waals surface area (Å²) >= 11 is 12.5. The third kappa shape index (κ3) is 3.65. The van der Waals surface area contributed by atoms with E-state index >= 15 is 0 Å². The number of hydrogen-bond donors (Lipinski definition) is 1. The lowest BCUT2D eigenvalue weighted by Crippen LogP contribution is -2.31. The van der Waals surface area contributed by atoms with Crippen molar-refractivity contribution in [3.05, 3.63) is 33.8 Å². The van der Waals surface area contributed by atoms with Crippen LogP contribution in [0.5, 0.6) is 0 Å². The average molecular weight is 299 g/mol. The molecule has 0 aliphatic carbocycles. The van der Waals surface area contributed by atoms with Gasteiger partial charge in [0, 0.05) is 30.9 Å². The van der Waals surface area contributed by atoms with Gasteiger partial charge >= 0.3 is 0 Å². The maximum absolute atomic E-state index is 6.27. The smallest absolute Gasteiger partial charge is 0.0516 e. The van der Waals surface area contributed by atoms with Crippen LogP contribution in [0, 0.1) is 5.92 Å². The first-order chi connectivity index (χ1) is 8.97. The molecule has 1 aliphatic heterocycles. The van der Waals surface area contributed by atoms with Gasteiger partial charge in [0.25, 0.3) is 0 Å². The van der Waals surface area contributed by atoms with Crippen molar-refractivity contribution in [2.24, 2.45) is 5.92 Å². The van der Waals surface area contributed by atoms with Crippen LogP contribution >= 0.6 is 23.2 Å². The molecule has 1 aromatic carbocycles. The summed E-state index contributed by atoms with van der Waals surface area (Å²) in [4.78, 5) is 2.45. The molecule has 1 aromatic rings. The second-order valence-corrected chi connectivity index (χ2v) is 6.31. The zero-order valence-electron chi connectivity index (χ0n) is 11.4. The molecule has 0 amide bonds. The van der Waals surface area contributed by atoms with E-state index in [0.717, 1.165) is 31.6 Å². The first-order valence-corrected chi connectivity index (χ1v) is 7.39. The van der Waals surface area contributed by atoms with E-state index in [2.05, 4.69) is 24.8 Å². The normalized spacial score (nSPS) is 16.8. The predicted molar refractivity (Wildman–Crippen MR) is 84.7 cm³/mol. The molecule has 0 saturated heterocycles. The molecule has 0 spiro atoms. The van der Waals surface area contributed by atoms with E-state index in [0.29, 0.717) is 21.7 Å². The summed E-state index contributed by atoms with van der Waals surface area (Å²) in [6.45, 7) is 7.64. The highest BCUT2D eigenvalue weighted by Crippen LogP contribution is 2.36. The van der Waals surface area contributed by atoms with Crippen LogP contribution < -0.4 is 5.73 Å². The molecule has 0 aromatic heterocycles. The van der Waals surface area contributed by atoms with Gasteiger partial charge in [0.15, 0.2) is 0 Å². The molecule has 1 heterocycles. The maximum Gasteiger partial charge on any atom is 0.0516 e. The summed E-state index contributed by atoms with van der Waals surface area (Å²) in [6, 6.07) is 3.54. The van der Waals surface area contributed by atoms with Crippen LogP contribution in [-0.2, 0) is 0 Å². The molecule has 0 saturated carbocycles. The van der Waals surface area contributed by atoms with Crippen molar-refractivity contribution in [3.63, 3.8) is 0 Å². The fraction of sp³-hybridized carbons (Fsp3) is 0.467. The van der Waals surface area contributed by atoms with Crippen LogP contribution in [0.3, 0.4) is 0 Å². The number of nitrogens with two attached hydrogens (primary N) is 1. The number of halogens is 2. The molecule has 0 unspecified atom stereocenters. The molecule has 0 fully saturated rings. The van der Waals surface area contributed by atoms with Crippen LogP contribution in [0.4, 0.5) is 5.69 Å². The van der Waals surface area contributed by atoms with E-state index in [9.17, 15) is 0 Å². The first-order valence-electron chi connectivity index (χ1n) is 6.63. The summed E-state index contributed by atoms with van der Waals surface area (Å²) in [5.74, 6) is 0.693. The van der Waals surface area contributed by atoms with Crippen LogP contribution in [-0.4, -0.2) is 24.5 Å². The Morgan fingerprint density at radius 1 is 1.26 bits per heavy atom. The zero-order valence-corrected chi connectivity index (χ0v) is 12.9. The predicted octanol–water partition coefficient (Wildman–Crippen LogP) is 4.32. The lowest BCUT2D eigenvalue weighted by molar-refractivity contribution is 0.268. The fourth-order valence-electron chi connectivity index (χ4n) is 2.52. The quantitative estimate of drug-likeness (QED) is 0.842. The van der Waals surface area contributed by atoms with Crippen molar-refractivity contribution >= 4 is 34.5 Å². The highest BCUT2D eigenvalue weighted by atomic mass is 35.5. The van der Waals surface area contributed by atoms with Crippen LogP contribution in [0.25, 0.3) is 5.57 Å². The lowest BCUT2D eigenvalue weighted by Gasteiger charge is -2.28. The van der Waals surface area contributed by atoms with Gasteiger partial charge in [0.2, 0.25) is 0 Å². The molecule has 1 aliphatic rings. The van der Waals surface area contributed by atoms with Gasteiger partial charge in [-0.1, -0.05) is 43.1 Å². The van der Waals surface area contributed by atoms with Gasteiger partial charge in [0.1, 0.15) is 0 Å². The highest BCUT2D eigenvalue weighted by molar-refractivity contribution is 6.38. The Labute approximate surface area is 125 Å². The number of nitrogen functional groups attached to an aromatic ring is 1. The molecule has 4 heteroatoms. The van der Waals surface area contributed by atoms with Crippen molar-refractivity contribution in [1.82, 2.24) is 4.90 Å². The molecule has 0 atom stereocenters. The maximum atomic E-state index is 6.27.